The molecular weight excluding hydrogens is 322 g/mol. The van der Waals surface area contributed by atoms with Crippen molar-refractivity contribution in [3.63, 3.8) is 0 Å². The SMILES string of the molecule is O=C1NCN(C2CC2)C12CCN([C@@H]1CCCC[C@@H]1c1ccccc1)CC2. The second kappa shape index (κ2) is 6.65. The van der Waals surface area contributed by atoms with E-state index in [1.54, 1.807) is 0 Å². The zero-order valence-electron chi connectivity index (χ0n) is 15.7. The number of piperidine rings is 1. The molecule has 26 heavy (non-hydrogen) atoms. The third kappa shape index (κ3) is 2.78. The van der Waals surface area contributed by atoms with E-state index in [-0.39, 0.29) is 5.54 Å². The number of carbonyl (C=O) groups excluding carboxylic acids is 1. The minimum atomic E-state index is -0.200. The largest absolute Gasteiger partial charge is 0.342 e. The molecule has 2 aliphatic heterocycles. The number of hydrogen-bond donors (Lipinski definition) is 1. The predicted octanol–water partition coefficient (Wildman–Crippen LogP) is 3.10. The highest BCUT2D eigenvalue weighted by Crippen LogP contribution is 2.43. The van der Waals surface area contributed by atoms with Gasteiger partial charge in [0, 0.05) is 25.2 Å². The molecule has 0 radical (unpaired) electrons. The summed E-state index contributed by atoms with van der Waals surface area (Å²) in [6.07, 6.45) is 9.89. The van der Waals surface area contributed by atoms with Gasteiger partial charge in [-0.15, -0.1) is 0 Å². The third-order valence-electron chi connectivity index (χ3n) is 7.42. The van der Waals surface area contributed by atoms with Crippen LogP contribution in [0.1, 0.15) is 62.8 Å². The lowest BCUT2D eigenvalue weighted by molar-refractivity contribution is -0.130. The number of nitrogens with zero attached hydrogens (tertiary/aromatic N) is 2. The van der Waals surface area contributed by atoms with Gasteiger partial charge in [0.15, 0.2) is 0 Å². The molecule has 2 atom stereocenters. The first-order valence-electron chi connectivity index (χ1n) is 10.6. The van der Waals surface area contributed by atoms with Gasteiger partial charge in [-0.2, -0.15) is 0 Å². The highest BCUT2D eigenvalue weighted by molar-refractivity contribution is 5.88. The Labute approximate surface area is 156 Å². The molecule has 1 spiro atoms. The fourth-order valence-corrected chi connectivity index (χ4v) is 5.85. The summed E-state index contributed by atoms with van der Waals surface area (Å²) in [7, 11) is 0. The topological polar surface area (TPSA) is 35.6 Å². The van der Waals surface area contributed by atoms with E-state index in [0.717, 1.165) is 32.6 Å². The molecule has 4 heteroatoms. The Bertz CT molecular complexity index is 649. The van der Waals surface area contributed by atoms with Crippen LogP contribution in [0.3, 0.4) is 0 Å². The summed E-state index contributed by atoms with van der Waals surface area (Å²) in [5.41, 5.74) is 1.31. The fourth-order valence-electron chi connectivity index (χ4n) is 5.85. The van der Waals surface area contributed by atoms with Gasteiger partial charge in [0.1, 0.15) is 5.54 Å². The van der Waals surface area contributed by atoms with Crippen LogP contribution < -0.4 is 5.32 Å². The summed E-state index contributed by atoms with van der Waals surface area (Å²) in [6.45, 7) is 2.93. The van der Waals surface area contributed by atoms with Gasteiger partial charge in [0.25, 0.3) is 0 Å². The number of hydrogen-bond acceptors (Lipinski definition) is 3. The average molecular weight is 354 g/mol. The van der Waals surface area contributed by atoms with Crippen molar-refractivity contribution >= 4 is 5.91 Å². The lowest BCUT2D eigenvalue weighted by Crippen LogP contribution is -2.58. The van der Waals surface area contributed by atoms with Crippen molar-refractivity contribution in [1.82, 2.24) is 15.1 Å². The molecule has 5 rings (SSSR count). The maximum atomic E-state index is 12.7. The Balaban J connectivity index is 1.32. The molecular formula is C22H31N3O. The molecule has 1 aromatic carbocycles. The van der Waals surface area contributed by atoms with Crippen LogP contribution in [0.25, 0.3) is 0 Å². The molecule has 0 bridgehead atoms. The second-order valence-electron chi connectivity index (χ2n) is 8.80. The summed E-state index contributed by atoms with van der Waals surface area (Å²) < 4.78 is 0. The van der Waals surface area contributed by atoms with Gasteiger partial charge in [-0.25, -0.2) is 0 Å². The van der Waals surface area contributed by atoms with Crippen LogP contribution in [0, 0.1) is 0 Å². The summed E-state index contributed by atoms with van der Waals surface area (Å²) in [5.74, 6) is 0.961. The van der Waals surface area contributed by atoms with E-state index < -0.39 is 0 Å². The van der Waals surface area contributed by atoms with Gasteiger partial charge in [0.05, 0.1) is 6.67 Å². The molecule has 2 aliphatic carbocycles. The van der Waals surface area contributed by atoms with E-state index in [1.165, 1.54) is 44.1 Å². The first kappa shape index (κ1) is 16.8. The van der Waals surface area contributed by atoms with Crippen molar-refractivity contribution in [3.8, 4) is 0 Å². The van der Waals surface area contributed by atoms with E-state index >= 15 is 0 Å². The van der Waals surface area contributed by atoms with E-state index in [4.69, 9.17) is 0 Å². The van der Waals surface area contributed by atoms with Crippen LogP contribution in [-0.2, 0) is 4.79 Å². The molecule has 2 saturated heterocycles. The number of rotatable bonds is 3. The van der Waals surface area contributed by atoms with E-state index in [2.05, 4.69) is 45.4 Å². The predicted molar refractivity (Wildman–Crippen MR) is 103 cm³/mol. The molecule has 1 amide bonds. The van der Waals surface area contributed by atoms with Crippen LogP contribution in [-0.4, -0.2) is 53.1 Å². The van der Waals surface area contributed by atoms with Crippen molar-refractivity contribution < 1.29 is 4.79 Å². The van der Waals surface area contributed by atoms with Crippen LogP contribution in [0.4, 0.5) is 0 Å². The van der Waals surface area contributed by atoms with E-state index in [1.807, 2.05) is 0 Å². The second-order valence-corrected chi connectivity index (χ2v) is 8.80. The van der Waals surface area contributed by atoms with Crippen molar-refractivity contribution in [2.45, 2.75) is 74.9 Å². The molecule has 1 N–H and O–H groups in total. The Morgan fingerprint density at radius 1 is 0.962 bits per heavy atom. The minimum absolute atomic E-state index is 0.200. The van der Waals surface area contributed by atoms with E-state index in [9.17, 15) is 4.79 Å². The first-order valence-corrected chi connectivity index (χ1v) is 10.6. The van der Waals surface area contributed by atoms with Crippen LogP contribution in [0.5, 0.6) is 0 Å². The van der Waals surface area contributed by atoms with Crippen molar-refractivity contribution in [2.24, 2.45) is 0 Å². The highest BCUT2D eigenvalue weighted by atomic mass is 16.2. The number of nitrogens with one attached hydrogen (secondary N) is 1. The van der Waals surface area contributed by atoms with Gasteiger partial charge in [0.2, 0.25) is 5.91 Å². The third-order valence-corrected chi connectivity index (χ3v) is 7.42. The molecule has 4 fully saturated rings. The van der Waals surface area contributed by atoms with E-state index in [0.29, 0.717) is 23.9 Å². The molecule has 0 aromatic heterocycles. The number of likely N-dealkylation sites (tertiary alicyclic amines) is 1. The van der Waals surface area contributed by atoms with Gasteiger partial charge < -0.3 is 5.32 Å². The quantitative estimate of drug-likeness (QED) is 0.907. The van der Waals surface area contributed by atoms with Gasteiger partial charge >= 0.3 is 0 Å². The average Bonchev–Trinajstić information content (AvgIpc) is 3.49. The van der Waals surface area contributed by atoms with Gasteiger partial charge in [-0.3, -0.25) is 14.6 Å². The molecule has 4 aliphatic rings. The molecule has 2 heterocycles. The lowest BCUT2D eigenvalue weighted by Gasteiger charge is -2.48. The maximum absolute atomic E-state index is 12.7. The lowest BCUT2D eigenvalue weighted by atomic mass is 9.77. The molecule has 140 valence electrons. The number of benzene rings is 1. The molecule has 1 aromatic rings. The summed E-state index contributed by atoms with van der Waals surface area (Å²) in [6, 6.07) is 12.4. The smallest absolute Gasteiger partial charge is 0.241 e. The highest BCUT2D eigenvalue weighted by Gasteiger charge is 2.54. The van der Waals surface area contributed by atoms with Gasteiger partial charge in [-0.05, 0) is 50.0 Å². The fraction of sp³-hybridized carbons (Fsp3) is 0.682. The van der Waals surface area contributed by atoms with Crippen LogP contribution in [0.15, 0.2) is 30.3 Å². The van der Waals surface area contributed by atoms with Gasteiger partial charge in [-0.1, -0.05) is 43.2 Å². The summed E-state index contributed by atoms with van der Waals surface area (Å²) in [4.78, 5) is 17.9. The standard InChI is InChI=1S/C22H31N3O/c26-21-22(25(16-23-21)18-10-11-18)12-14-24(15-13-22)20-9-5-4-8-19(20)17-6-2-1-3-7-17/h1-3,6-7,18-20H,4-5,8-16H2,(H,23,26)/t19-,20-/m1/s1. The minimum Gasteiger partial charge on any atom is -0.342 e. The van der Waals surface area contributed by atoms with Crippen molar-refractivity contribution in [2.75, 3.05) is 19.8 Å². The molecule has 2 saturated carbocycles. The maximum Gasteiger partial charge on any atom is 0.241 e. The summed E-state index contributed by atoms with van der Waals surface area (Å²) >= 11 is 0. The normalized spacial score (nSPS) is 32.7. The number of carbonyl (C=O) groups is 1. The Morgan fingerprint density at radius 3 is 2.42 bits per heavy atom. The van der Waals surface area contributed by atoms with Crippen LogP contribution in [0.2, 0.25) is 0 Å². The summed E-state index contributed by atoms with van der Waals surface area (Å²) in [5, 5.41) is 3.15. The van der Waals surface area contributed by atoms with Crippen molar-refractivity contribution in [1.29, 1.82) is 0 Å². The zero-order valence-corrected chi connectivity index (χ0v) is 15.7. The first-order chi connectivity index (χ1) is 12.8. The molecule has 4 nitrogen and oxygen atoms in total. The Morgan fingerprint density at radius 2 is 1.69 bits per heavy atom. The van der Waals surface area contributed by atoms with Crippen molar-refractivity contribution in [3.05, 3.63) is 35.9 Å². The molecule has 0 unspecified atom stereocenters. The van der Waals surface area contributed by atoms with Crippen LogP contribution >= 0.6 is 0 Å². The Hall–Kier alpha value is -1.39. The Kier molecular flexibility index (Phi) is 4.29. The monoisotopic (exact) mass is 353 g/mol. The number of amides is 1. The zero-order chi connectivity index (χ0) is 17.6.